The molecular formula is C9H16ClF2N. The number of nitrogens with one attached hydrogen (secondary N) is 1. The Morgan fingerprint density at radius 3 is 2.77 bits per heavy atom. The number of fused-ring (bicyclic) bond motifs is 1. The molecule has 0 aromatic carbocycles. The highest BCUT2D eigenvalue weighted by Crippen LogP contribution is 2.39. The number of rotatable bonds is 0. The molecule has 1 saturated heterocycles. The average molecular weight is 212 g/mol. The van der Waals surface area contributed by atoms with Crippen LogP contribution in [0.5, 0.6) is 0 Å². The minimum atomic E-state index is -2.37. The van der Waals surface area contributed by atoms with Crippen molar-refractivity contribution in [2.45, 2.75) is 44.1 Å². The van der Waals surface area contributed by atoms with Crippen molar-refractivity contribution in [2.24, 2.45) is 5.92 Å². The Morgan fingerprint density at radius 2 is 2.00 bits per heavy atom. The van der Waals surface area contributed by atoms with Crippen molar-refractivity contribution in [3.63, 3.8) is 0 Å². The first-order valence-corrected chi connectivity index (χ1v) is 4.79. The number of alkyl halides is 2. The zero-order chi connectivity index (χ0) is 8.60. The van der Waals surface area contributed by atoms with Gasteiger partial charge in [0.1, 0.15) is 0 Å². The normalized spacial score (nSPS) is 37.4. The van der Waals surface area contributed by atoms with Crippen LogP contribution in [0.25, 0.3) is 0 Å². The molecule has 1 nitrogen and oxygen atoms in total. The monoisotopic (exact) mass is 211 g/mol. The van der Waals surface area contributed by atoms with Gasteiger partial charge in [-0.15, -0.1) is 12.4 Å². The molecule has 0 radical (unpaired) electrons. The van der Waals surface area contributed by atoms with Crippen LogP contribution >= 0.6 is 12.4 Å². The summed E-state index contributed by atoms with van der Waals surface area (Å²) in [5.74, 6) is -2.14. The first-order valence-electron chi connectivity index (χ1n) is 4.79. The molecule has 1 saturated carbocycles. The van der Waals surface area contributed by atoms with Crippen LogP contribution in [0, 0.1) is 5.92 Å². The van der Waals surface area contributed by atoms with Crippen molar-refractivity contribution in [1.29, 1.82) is 0 Å². The minimum absolute atomic E-state index is 0. The van der Waals surface area contributed by atoms with E-state index < -0.39 is 5.92 Å². The topological polar surface area (TPSA) is 12.0 Å². The Kier molecular flexibility index (Phi) is 3.52. The number of piperidine rings is 1. The van der Waals surface area contributed by atoms with Crippen LogP contribution in [0.3, 0.4) is 0 Å². The molecule has 2 aliphatic rings. The van der Waals surface area contributed by atoms with Gasteiger partial charge >= 0.3 is 0 Å². The van der Waals surface area contributed by atoms with Crippen LogP contribution in [-0.2, 0) is 0 Å². The van der Waals surface area contributed by atoms with Gasteiger partial charge in [-0.05, 0) is 31.7 Å². The molecule has 0 amide bonds. The quantitative estimate of drug-likeness (QED) is 0.650. The summed E-state index contributed by atoms with van der Waals surface area (Å²) in [5, 5.41) is 3.33. The van der Waals surface area contributed by atoms with Gasteiger partial charge in [0.2, 0.25) is 5.92 Å². The summed E-state index contributed by atoms with van der Waals surface area (Å²) in [6, 6.07) is 0.387. The van der Waals surface area contributed by atoms with E-state index in [-0.39, 0.29) is 31.2 Å². The fraction of sp³-hybridized carbons (Fsp3) is 1.00. The smallest absolute Gasteiger partial charge is 0.248 e. The van der Waals surface area contributed by atoms with Gasteiger partial charge < -0.3 is 5.32 Å². The molecule has 1 N–H and O–H groups in total. The van der Waals surface area contributed by atoms with E-state index in [9.17, 15) is 8.78 Å². The van der Waals surface area contributed by atoms with Gasteiger partial charge in [-0.3, -0.25) is 0 Å². The lowest BCUT2D eigenvalue weighted by molar-refractivity contribution is -0.0670. The van der Waals surface area contributed by atoms with Gasteiger partial charge in [0.05, 0.1) is 0 Å². The molecule has 0 bridgehead atoms. The van der Waals surface area contributed by atoms with Gasteiger partial charge in [0.15, 0.2) is 0 Å². The maximum Gasteiger partial charge on any atom is 0.248 e. The van der Waals surface area contributed by atoms with Crippen molar-refractivity contribution in [3.05, 3.63) is 0 Å². The third-order valence-electron chi connectivity index (χ3n) is 3.11. The molecule has 2 fully saturated rings. The van der Waals surface area contributed by atoms with E-state index in [1.807, 2.05) is 0 Å². The fourth-order valence-electron chi connectivity index (χ4n) is 2.45. The van der Waals surface area contributed by atoms with Gasteiger partial charge in [-0.25, -0.2) is 8.78 Å². The lowest BCUT2D eigenvalue weighted by atomic mass is 9.78. The maximum absolute atomic E-state index is 12.9. The first kappa shape index (κ1) is 11.2. The zero-order valence-electron chi connectivity index (χ0n) is 7.56. The summed E-state index contributed by atoms with van der Waals surface area (Å²) < 4.78 is 25.9. The van der Waals surface area contributed by atoms with Crippen LogP contribution in [0.1, 0.15) is 32.1 Å². The van der Waals surface area contributed by atoms with E-state index in [1.165, 1.54) is 0 Å². The molecule has 4 heteroatoms. The Bertz CT molecular complexity index is 175. The predicted octanol–water partition coefficient (Wildman–Crippen LogP) is 2.60. The second-order valence-electron chi connectivity index (χ2n) is 4.06. The summed E-state index contributed by atoms with van der Waals surface area (Å²) in [7, 11) is 0. The minimum Gasteiger partial charge on any atom is -0.314 e. The standard InChI is InChI=1S/C9H15F2N.ClH/c10-9(11)4-3-8-7(6-9)2-1-5-12-8;/h7-8,12H,1-6H2;1H. The number of halogens is 3. The van der Waals surface area contributed by atoms with Gasteiger partial charge in [-0.1, -0.05) is 0 Å². The second kappa shape index (κ2) is 4.09. The van der Waals surface area contributed by atoms with E-state index in [0.29, 0.717) is 12.5 Å². The number of hydrogen-bond donors (Lipinski definition) is 1. The summed E-state index contributed by atoms with van der Waals surface area (Å²) in [4.78, 5) is 0. The first-order chi connectivity index (χ1) is 5.67. The SMILES string of the molecule is Cl.FC1(F)CCC2NCCCC2C1. The van der Waals surface area contributed by atoms with Crippen molar-refractivity contribution >= 4 is 12.4 Å². The molecule has 1 aliphatic carbocycles. The maximum atomic E-state index is 12.9. The lowest BCUT2D eigenvalue weighted by Gasteiger charge is -2.39. The van der Waals surface area contributed by atoms with E-state index in [1.54, 1.807) is 0 Å². The summed E-state index contributed by atoms with van der Waals surface area (Å²) >= 11 is 0. The summed E-state index contributed by atoms with van der Waals surface area (Å²) in [5.41, 5.74) is 0. The Hall–Kier alpha value is 0.110. The molecule has 2 unspecified atom stereocenters. The predicted molar refractivity (Wildman–Crippen MR) is 50.6 cm³/mol. The lowest BCUT2D eigenvalue weighted by Crippen LogP contribution is -2.47. The molecule has 0 spiro atoms. The Morgan fingerprint density at radius 1 is 1.23 bits per heavy atom. The van der Waals surface area contributed by atoms with Crippen molar-refractivity contribution in [2.75, 3.05) is 6.54 Å². The van der Waals surface area contributed by atoms with Crippen LogP contribution in [0.2, 0.25) is 0 Å². The Labute approximate surface area is 83.7 Å². The third kappa shape index (κ3) is 2.53. The van der Waals surface area contributed by atoms with Crippen molar-refractivity contribution in [1.82, 2.24) is 5.32 Å². The van der Waals surface area contributed by atoms with Gasteiger partial charge in [0, 0.05) is 18.9 Å². The zero-order valence-corrected chi connectivity index (χ0v) is 8.38. The van der Waals surface area contributed by atoms with E-state index >= 15 is 0 Å². The third-order valence-corrected chi connectivity index (χ3v) is 3.11. The second-order valence-corrected chi connectivity index (χ2v) is 4.06. The molecule has 1 aliphatic heterocycles. The molecule has 13 heavy (non-hydrogen) atoms. The van der Waals surface area contributed by atoms with E-state index in [2.05, 4.69) is 5.32 Å². The summed E-state index contributed by atoms with van der Waals surface area (Å²) in [6.45, 7) is 1.02. The van der Waals surface area contributed by atoms with Crippen LogP contribution in [-0.4, -0.2) is 18.5 Å². The molecule has 78 valence electrons. The highest BCUT2D eigenvalue weighted by molar-refractivity contribution is 5.85. The molecule has 0 aromatic heterocycles. The van der Waals surface area contributed by atoms with E-state index in [0.717, 1.165) is 19.4 Å². The molecule has 1 heterocycles. The van der Waals surface area contributed by atoms with Crippen LogP contribution < -0.4 is 5.32 Å². The van der Waals surface area contributed by atoms with Crippen LogP contribution in [0.4, 0.5) is 8.78 Å². The van der Waals surface area contributed by atoms with Crippen LogP contribution in [0.15, 0.2) is 0 Å². The van der Waals surface area contributed by atoms with Gasteiger partial charge in [0.25, 0.3) is 0 Å². The molecule has 2 atom stereocenters. The highest BCUT2D eigenvalue weighted by Gasteiger charge is 2.41. The van der Waals surface area contributed by atoms with E-state index in [4.69, 9.17) is 0 Å². The summed E-state index contributed by atoms with van der Waals surface area (Å²) in [6.07, 6.45) is 2.92. The largest absolute Gasteiger partial charge is 0.314 e. The van der Waals surface area contributed by atoms with Gasteiger partial charge in [-0.2, -0.15) is 0 Å². The molecule has 2 rings (SSSR count). The Balaban J connectivity index is 0.000000845. The number of hydrogen-bond acceptors (Lipinski definition) is 1. The highest BCUT2D eigenvalue weighted by atomic mass is 35.5. The average Bonchev–Trinajstić information content (AvgIpc) is 2.02. The van der Waals surface area contributed by atoms with Crippen molar-refractivity contribution in [3.8, 4) is 0 Å². The fourth-order valence-corrected chi connectivity index (χ4v) is 2.45. The molecular weight excluding hydrogens is 196 g/mol. The van der Waals surface area contributed by atoms with Crippen molar-refractivity contribution < 1.29 is 8.78 Å². The molecule has 0 aromatic rings.